The zero-order valence-corrected chi connectivity index (χ0v) is 14.9. The minimum absolute atomic E-state index is 0.394. The van der Waals surface area contributed by atoms with Gasteiger partial charge in [0.2, 0.25) is 5.95 Å². The molecule has 0 aliphatic carbocycles. The van der Waals surface area contributed by atoms with Crippen molar-refractivity contribution in [3.8, 4) is 0 Å². The fraction of sp³-hybridized carbons (Fsp3) is 0.533. The summed E-state index contributed by atoms with van der Waals surface area (Å²) in [6, 6.07) is 0. The van der Waals surface area contributed by atoms with Crippen LogP contribution in [0.5, 0.6) is 0 Å². The molecule has 24 heavy (non-hydrogen) atoms. The molecule has 1 saturated heterocycles. The van der Waals surface area contributed by atoms with Crippen LogP contribution in [0.15, 0.2) is 20.7 Å². The second kappa shape index (κ2) is 6.45. The average Bonchev–Trinajstić information content (AvgIpc) is 2.91. The predicted octanol–water partition coefficient (Wildman–Crippen LogP) is -1.10. The SMILES string of the molecule is C/C(Cl)=C/Cn1c(N2CC[NH+](C)CC2)nc2c1c(=O)[nH]c(=O)n2C. The number of hydrogen-bond acceptors (Lipinski definition) is 4. The number of allylic oxidation sites excluding steroid dienone is 2. The van der Waals surface area contributed by atoms with Gasteiger partial charge in [0.15, 0.2) is 11.2 Å². The zero-order chi connectivity index (χ0) is 17.4. The molecule has 3 heterocycles. The van der Waals surface area contributed by atoms with Crippen molar-refractivity contribution >= 4 is 28.7 Å². The van der Waals surface area contributed by atoms with Crippen molar-refractivity contribution in [1.82, 2.24) is 19.1 Å². The van der Waals surface area contributed by atoms with Gasteiger partial charge in [-0.3, -0.25) is 14.3 Å². The standard InChI is InChI=1S/C15H21ClN6O2/c1-10(16)4-5-22-11-12(20(3)15(24)18-13(11)23)17-14(22)21-8-6-19(2)7-9-21/h4H,5-9H2,1-3H3,(H,18,23,24)/p+1/b10-4-. The van der Waals surface area contributed by atoms with Crippen LogP contribution < -0.4 is 21.0 Å². The Balaban J connectivity index is 2.20. The summed E-state index contributed by atoms with van der Waals surface area (Å²) < 4.78 is 3.20. The number of fused-ring (bicyclic) bond motifs is 1. The van der Waals surface area contributed by atoms with E-state index in [1.54, 1.807) is 14.0 Å². The van der Waals surface area contributed by atoms with Gasteiger partial charge in [-0.1, -0.05) is 17.7 Å². The fourth-order valence-corrected chi connectivity index (χ4v) is 3.01. The largest absolute Gasteiger partial charge is 0.334 e. The summed E-state index contributed by atoms with van der Waals surface area (Å²) in [6.45, 7) is 5.93. The normalized spacial score (nSPS) is 17.0. The third-order valence-corrected chi connectivity index (χ3v) is 4.60. The van der Waals surface area contributed by atoms with Gasteiger partial charge in [0.25, 0.3) is 5.56 Å². The topological polar surface area (TPSA) is 80.4 Å². The highest BCUT2D eigenvalue weighted by atomic mass is 35.5. The summed E-state index contributed by atoms with van der Waals surface area (Å²) in [4.78, 5) is 34.8. The molecule has 0 spiro atoms. The molecule has 0 amide bonds. The first-order valence-electron chi connectivity index (χ1n) is 7.96. The summed E-state index contributed by atoms with van der Waals surface area (Å²) in [6.07, 6.45) is 1.83. The summed E-state index contributed by atoms with van der Waals surface area (Å²) >= 11 is 5.97. The number of aromatic amines is 1. The van der Waals surface area contributed by atoms with Crippen LogP contribution in [-0.4, -0.2) is 52.3 Å². The van der Waals surface area contributed by atoms with Crippen molar-refractivity contribution in [2.75, 3.05) is 38.1 Å². The van der Waals surface area contributed by atoms with Gasteiger partial charge in [-0.2, -0.15) is 4.98 Å². The first-order chi connectivity index (χ1) is 11.4. The quantitative estimate of drug-likeness (QED) is 0.734. The number of piperazine rings is 1. The first kappa shape index (κ1) is 16.8. The summed E-state index contributed by atoms with van der Waals surface area (Å²) in [5, 5.41) is 0.645. The lowest BCUT2D eigenvalue weighted by Crippen LogP contribution is -3.12. The number of rotatable bonds is 3. The van der Waals surface area contributed by atoms with Crippen molar-refractivity contribution in [3.63, 3.8) is 0 Å². The van der Waals surface area contributed by atoms with E-state index in [0.29, 0.717) is 28.7 Å². The van der Waals surface area contributed by atoms with E-state index in [-0.39, 0.29) is 0 Å². The van der Waals surface area contributed by atoms with E-state index >= 15 is 0 Å². The highest BCUT2D eigenvalue weighted by molar-refractivity contribution is 6.29. The molecule has 0 radical (unpaired) electrons. The number of aromatic nitrogens is 4. The molecule has 9 heteroatoms. The van der Waals surface area contributed by atoms with Gasteiger partial charge in [-0.05, 0) is 6.92 Å². The smallest absolute Gasteiger partial charge is 0.329 e. The Bertz CT molecular complexity index is 897. The van der Waals surface area contributed by atoms with E-state index in [0.717, 1.165) is 26.2 Å². The Hall–Kier alpha value is -2.06. The Morgan fingerprint density at radius 2 is 2.04 bits per heavy atom. The van der Waals surface area contributed by atoms with Crippen LogP contribution in [0.2, 0.25) is 0 Å². The van der Waals surface area contributed by atoms with Gasteiger partial charge < -0.3 is 14.4 Å². The molecule has 0 saturated carbocycles. The third-order valence-electron chi connectivity index (χ3n) is 4.44. The number of likely N-dealkylation sites (N-methyl/N-ethyl adjacent to an activating group) is 1. The van der Waals surface area contributed by atoms with Crippen LogP contribution in [0, 0.1) is 0 Å². The lowest BCUT2D eigenvalue weighted by molar-refractivity contribution is -0.880. The Kier molecular flexibility index (Phi) is 4.51. The molecule has 1 fully saturated rings. The van der Waals surface area contributed by atoms with Gasteiger partial charge in [-0.25, -0.2) is 4.79 Å². The minimum Gasteiger partial charge on any atom is -0.334 e. The summed E-state index contributed by atoms with van der Waals surface area (Å²) in [7, 11) is 3.77. The van der Waals surface area contributed by atoms with Crippen LogP contribution in [0.25, 0.3) is 11.2 Å². The maximum atomic E-state index is 12.4. The van der Waals surface area contributed by atoms with E-state index in [1.165, 1.54) is 9.47 Å². The van der Waals surface area contributed by atoms with Gasteiger partial charge in [0, 0.05) is 18.6 Å². The Morgan fingerprint density at radius 3 is 2.67 bits per heavy atom. The minimum atomic E-state index is -0.462. The van der Waals surface area contributed by atoms with Crippen LogP contribution >= 0.6 is 11.6 Å². The monoisotopic (exact) mass is 353 g/mol. The van der Waals surface area contributed by atoms with Gasteiger partial charge >= 0.3 is 5.69 Å². The zero-order valence-electron chi connectivity index (χ0n) is 14.1. The molecule has 130 valence electrons. The van der Waals surface area contributed by atoms with Crippen molar-refractivity contribution in [1.29, 1.82) is 0 Å². The molecule has 3 rings (SSSR count). The molecule has 0 atom stereocenters. The van der Waals surface area contributed by atoms with Crippen LogP contribution in [0.3, 0.4) is 0 Å². The number of nitrogens with one attached hydrogen (secondary N) is 2. The summed E-state index contributed by atoms with van der Waals surface area (Å²) in [5.41, 5.74) is -0.0963. The molecule has 0 aromatic carbocycles. The number of halogens is 1. The van der Waals surface area contributed by atoms with Crippen molar-refractivity contribution in [3.05, 3.63) is 31.9 Å². The van der Waals surface area contributed by atoms with Crippen molar-refractivity contribution < 1.29 is 4.90 Å². The number of H-pyrrole nitrogens is 1. The number of anilines is 1. The maximum Gasteiger partial charge on any atom is 0.329 e. The average molecular weight is 354 g/mol. The van der Waals surface area contributed by atoms with E-state index < -0.39 is 11.2 Å². The molecule has 2 aromatic rings. The van der Waals surface area contributed by atoms with Gasteiger partial charge in [0.05, 0.1) is 33.2 Å². The fourth-order valence-electron chi connectivity index (χ4n) is 2.94. The van der Waals surface area contributed by atoms with Crippen molar-refractivity contribution in [2.45, 2.75) is 13.5 Å². The van der Waals surface area contributed by atoms with E-state index in [1.807, 2.05) is 10.6 Å². The molecule has 2 N–H and O–H groups in total. The molecular weight excluding hydrogens is 332 g/mol. The van der Waals surface area contributed by atoms with Crippen LogP contribution in [0.1, 0.15) is 6.92 Å². The number of imidazole rings is 1. The number of nitrogens with zero attached hydrogens (tertiary/aromatic N) is 4. The maximum absolute atomic E-state index is 12.4. The predicted molar refractivity (Wildman–Crippen MR) is 94.0 cm³/mol. The number of hydrogen-bond donors (Lipinski definition) is 2. The molecular formula is C15H22ClN6O2+. The molecule has 0 unspecified atom stereocenters. The molecule has 1 aliphatic heterocycles. The lowest BCUT2D eigenvalue weighted by atomic mass is 10.3. The van der Waals surface area contributed by atoms with E-state index in [2.05, 4.69) is 21.9 Å². The van der Waals surface area contributed by atoms with E-state index in [4.69, 9.17) is 11.6 Å². The lowest BCUT2D eigenvalue weighted by Gasteiger charge is -2.31. The Morgan fingerprint density at radius 1 is 1.38 bits per heavy atom. The van der Waals surface area contributed by atoms with E-state index in [9.17, 15) is 9.59 Å². The third kappa shape index (κ3) is 2.99. The van der Waals surface area contributed by atoms with Gasteiger partial charge in [0.1, 0.15) is 0 Å². The second-order valence-corrected chi connectivity index (χ2v) is 6.84. The number of quaternary nitrogens is 1. The summed E-state index contributed by atoms with van der Waals surface area (Å²) in [5.74, 6) is 0.707. The highest BCUT2D eigenvalue weighted by Crippen LogP contribution is 2.20. The second-order valence-electron chi connectivity index (χ2n) is 6.25. The highest BCUT2D eigenvalue weighted by Gasteiger charge is 2.24. The first-order valence-corrected chi connectivity index (χ1v) is 8.34. The molecule has 2 aromatic heterocycles. The Labute approximate surface area is 144 Å². The van der Waals surface area contributed by atoms with Gasteiger partial charge in [-0.15, -0.1) is 0 Å². The molecule has 0 bridgehead atoms. The number of aryl methyl sites for hydroxylation is 1. The van der Waals surface area contributed by atoms with Crippen molar-refractivity contribution in [2.24, 2.45) is 7.05 Å². The molecule has 8 nitrogen and oxygen atoms in total. The van der Waals surface area contributed by atoms with Crippen LogP contribution in [-0.2, 0) is 13.6 Å². The van der Waals surface area contributed by atoms with Crippen LogP contribution in [0.4, 0.5) is 5.95 Å². The molecule has 1 aliphatic rings.